The van der Waals surface area contributed by atoms with Crippen molar-refractivity contribution in [1.29, 1.82) is 0 Å². The fourth-order valence-corrected chi connectivity index (χ4v) is 3.19. The van der Waals surface area contributed by atoms with Crippen LogP contribution in [0.25, 0.3) is 0 Å². The molecule has 0 saturated heterocycles. The van der Waals surface area contributed by atoms with Gasteiger partial charge in [0.15, 0.2) is 5.82 Å². The summed E-state index contributed by atoms with van der Waals surface area (Å²) in [4.78, 5) is 0. The molecule has 0 bridgehead atoms. The summed E-state index contributed by atoms with van der Waals surface area (Å²) in [7, 11) is 1.66. The van der Waals surface area contributed by atoms with E-state index < -0.39 is 0 Å². The Morgan fingerprint density at radius 1 is 1.15 bits per heavy atom. The first-order valence-electron chi connectivity index (χ1n) is 8.39. The van der Waals surface area contributed by atoms with Gasteiger partial charge >= 0.3 is 0 Å². The molecule has 6 heteroatoms. The van der Waals surface area contributed by atoms with Crippen molar-refractivity contribution < 1.29 is 4.74 Å². The third kappa shape index (κ3) is 3.91. The lowest BCUT2D eigenvalue weighted by Crippen LogP contribution is -2.02. The van der Waals surface area contributed by atoms with Gasteiger partial charge in [-0.15, -0.1) is 0 Å². The topological polar surface area (TPSA) is 55.2 Å². The number of ether oxygens (including phenoxy) is 1. The van der Waals surface area contributed by atoms with E-state index in [0.29, 0.717) is 11.2 Å². The lowest BCUT2D eigenvalue weighted by atomic mass is 10.0. The highest BCUT2D eigenvalue weighted by Gasteiger charge is 2.08. The molecule has 1 heterocycles. The van der Waals surface area contributed by atoms with Gasteiger partial charge < -0.3 is 4.74 Å². The molecule has 5 nitrogen and oxygen atoms in total. The van der Waals surface area contributed by atoms with Crippen LogP contribution in [0.15, 0.2) is 41.5 Å². The maximum Gasteiger partial charge on any atom is 0.216 e. The number of nitrogens with zero attached hydrogens (tertiary/aromatic N) is 3. The van der Waals surface area contributed by atoms with E-state index in [2.05, 4.69) is 48.2 Å². The van der Waals surface area contributed by atoms with Crippen molar-refractivity contribution in [2.75, 3.05) is 7.11 Å². The summed E-state index contributed by atoms with van der Waals surface area (Å²) in [6.07, 6.45) is 2.48. The Labute approximate surface area is 158 Å². The molecule has 0 spiro atoms. The van der Waals surface area contributed by atoms with Crippen molar-refractivity contribution >= 4 is 18.4 Å². The molecule has 3 aromatic rings. The zero-order valence-electron chi connectivity index (χ0n) is 15.4. The summed E-state index contributed by atoms with van der Waals surface area (Å²) >= 11 is 5.34. The maximum atomic E-state index is 5.34. The lowest BCUT2D eigenvalue weighted by molar-refractivity contribution is 0.414. The van der Waals surface area contributed by atoms with E-state index in [9.17, 15) is 0 Å². The predicted octanol–water partition coefficient (Wildman–Crippen LogP) is 4.35. The van der Waals surface area contributed by atoms with E-state index in [0.717, 1.165) is 22.7 Å². The minimum absolute atomic E-state index is 0.479. The van der Waals surface area contributed by atoms with Gasteiger partial charge in [0.25, 0.3) is 0 Å². The normalized spacial score (nSPS) is 11.2. The lowest BCUT2D eigenvalue weighted by Gasteiger charge is -2.07. The van der Waals surface area contributed by atoms with Crippen molar-refractivity contribution in [3.8, 4) is 5.75 Å². The van der Waals surface area contributed by atoms with E-state index in [1.165, 1.54) is 16.7 Å². The smallest absolute Gasteiger partial charge is 0.216 e. The monoisotopic (exact) mass is 366 g/mol. The van der Waals surface area contributed by atoms with Crippen molar-refractivity contribution in [1.82, 2.24) is 14.9 Å². The molecule has 0 amide bonds. The number of hydrogen-bond acceptors (Lipinski definition) is 4. The van der Waals surface area contributed by atoms with Crippen LogP contribution in [0.5, 0.6) is 5.75 Å². The van der Waals surface area contributed by atoms with E-state index in [1.54, 1.807) is 11.8 Å². The average molecular weight is 366 g/mol. The molecule has 0 aliphatic rings. The van der Waals surface area contributed by atoms with Crippen molar-refractivity contribution in [2.45, 2.75) is 27.2 Å². The van der Waals surface area contributed by atoms with Gasteiger partial charge in [-0.25, -0.2) is 0 Å². The number of hydrogen-bond donors (Lipinski definition) is 1. The summed E-state index contributed by atoms with van der Waals surface area (Å²) in [5, 5.41) is 11.7. The Balaban J connectivity index is 1.89. The van der Waals surface area contributed by atoms with Gasteiger partial charge in [-0.2, -0.15) is 14.9 Å². The number of aryl methyl sites for hydroxylation is 3. The molecule has 0 aliphatic heterocycles. The zero-order chi connectivity index (χ0) is 18.7. The number of rotatable bonds is 5. The maximum absolute atomic E-state index is 5.34. The zero-order valence-corrected chi connectivity index (χ0v) is 16.2. The van der Waals surface area contributed by atoms with E-state index in [1.807, 2.05) is 30.5 Å². The van der Waals surface area contributed by atoms with Gasteiger partial charge in [0, 0.05) is 12.0 Å². The number of aromatic amines is 1. The molecule has 0 aliphatic carbocycles. The molecule has 0 atom stereocenters. The molecule has 0 radical (unpaired) electrons. The van der Waals surface area contributed by atoms with Gasteiger partial charge in [-0.05, 0) is 61.8 Å². The summed E-state index contributed by atoms with van der Waals surface area (Å²) in [6.45, 7) is 6.28. The quantitative estimate of drug-likeness (QED) is 0.539. The van der Waals surface area contributed by atoms with Crippen molar-refractivity contribution in [3.63, 3.8) is 0 Å². The Kier molecular flexibility index (Phi) is 5.32. The fraction of sp³-hybridized carbons (Fsp3) is 0.250. The Hall–Kier alpha value is -2.73. The van der Waals surface area contributed by atoms with Crippen LogP contribution in [0.3, 0.4) is 0 Å². The minimum Gasteiger partial charge on any atom is -0.497 e. The van der Waals surface area contributed by atoms with Crippen LogP contribution in [-0.4, -0.2) is 28.2 Å². The van der Waals surface area contributed by atoms with Gasteiger partial charge in [-0.3, -0.25) is 5.10 Å². The SMILES string of the molecule is COc1ccc(Cc2n[nH]c(=S)n2N=Cc2c(C)cc(C)cc2C)cc1. The Bertz CT molecular complexity index is 976. The van der Waals surface area contributed by atoms with Crippen LogP contribution in [0.2, 0.25) is 0 Å². The first-order chi connectivity index (χ1) is 12.5. The second kappa shape index (κ2) is 7.66. The van der Waals surface area contributed by atoms with Gasteiger partial charge in [0.1, 0.15) is 5.75 Å². The average Bonchev–Trinajstić information content (AvgIpc) is 2.95. The highest BCUT2D eigenvalue weighted by atomic mass is 32.1. The highest BCUT2D eigenvalue weighted by Crippen LogP contribution is 2.16. The van der Waals surface area contributed by atoms with Crippen LogP contribution < -0.4 is 4.74 Å². The van der Waals surface area contributed by atoms with E-state index >= 15 is 0 Å². The van der Waals surface area contributed by atoms with Crippen LogP contribution in [0, 0.1) is 25.5 Å². The summed E-state index contributed by atoms with van der Waals surface area (Å²) in [5.41, 5.74) is 5.85. The molecule has 0 fully saturated rings. The van der Waals surface area contributed by atoms with Gasteiger partial charge in [-0.1, -0.05) is 29.8 Å². The second-order valence-corrected chi connectivity index (χ2v) is 6.73. The third-order valence-corrected chi connectivity index (χ3v) is 4.54. The predicted molar refractivity (Wildman–Crippen MR) is 107 cm³/mol. The molecule has 0 unspecified atom stereocenters. The molecule has 134 valence electrons. The van der Waals surface area contributed by atoms with Gasteiger partial charge in [0.2, 0.25) is 4.77 Å². The first kappa shape index (κ1) is 18.1. The molecule has 1 aromatic heterocycles. The first-order valence-corrected chi connectivity index (χ1v) is 8.80. The minimum atomic E-state index is 0.479. The summed E-state index contributed by atoms with van der Waals surface area (Å²) in [5.74, 6) is 1.59. The number of methoxy groups -OCH3 is 1. The Morgan fingerprint density at radius 2 is 1.81 bits per heavy atom. The largest absolute Gasteiger partial charge is 0.497 e. The van der Waals surface area contributed by atoms with Crippen LogP contribution in [0.4, 0.5) is 0 Å². The Morgan fingerprint density at radius 3 is 2.42 bits per heavy atom. The molecular formula is C20H22N4OS. The molecule has 3 rings (SSSR count). The standard InChI is InChI=1S/C20H22N4OS/c1-13-9-14(2)18(15(3)10-13)12-21-24-19(22-23-20(24)26)11-16-5-7-17(25-4)8-6-16/h5-10,12H,11H2,1-4H3,(H,23,26). The van der Waals surface area contributed by atoms with Crippen LogP contribution in [-0.2, 0) is 6.42 Å². The molecule has 26 heavy (non-hydrogen) atoms. The van der Waals surface area contributed by atoms with Crippen LogP contribution >= 0.6 is 12.2 Å². The molecule has 2 aromatic carbocycles. The summed E-state index contributed by atoms with van der Waals surface area (Å²) in [6, 6.07) is 12.2. The molecule has 1 N–H and O–H groups in total. The highest BCUT2D eigenvalue weighted by molar-refractivity contribution is 7.71. The molecular weight excluding hydrogens is 344 g/mol. The number of benzene rings is 2. The fourth-order valence-electron chi connectivity index (χ4n) is 2.99. The van der Waals surface area contributed by atoms with E-state index in [-0.39, 0.29) is 0 Å². The van der Waals surface area contributed by atoms with Crippen LogP contribution in [0.1, 0.15) is 33.6 Å². The molecule has 0 saturated carbocycles. The number of H-pyrrole nitrogens is 1. The van der Waals surface area contributed by atoms with Crippen molar-refractivity contribution in [2.24, 2.45) is 5.10 Å². The second-order valence-electron chi connectivity index (χ2n) is 6.34. The number of nitrogens with one attached hydrogen (secondary N) is 1. The van der Waals surface area contributed by atoms with E-state index in [4.69, 9.17) is 17.0 Å². The van der Waals surface area contributed by atoms with Crippen molar-refractivity contribution in [3.05, 3.63) is 74.8 Å². The number of aromatic nitrogens is 3. The summed E-state index contributed by atoms with van der Waals surface area (Å²) < 4.78 is 7.36. The van der Waals surface area contributed by atoms with Gasteiger partial charge in [0.05, 0.1) is 13.3 Å². The third-order valence-electron chi connectivity index (χ3n) is 4.28.